The molecule has 1 N–H and O–H groups in total. The fourth-order valence-electron chi connectivity index (χ4n) is 1.54. The first-order chi connectivity index (χ1) is 6.31. The zero-order chi connectivity index (χ0) is 9.26. The number of aromatic nitrogens is 2. The third-order valence-corrected chi connectivity index (χ3v) is 3.15. The second-order valence-electron chi connectivity index (χ2n) is 3.16. The molecule has 1 aliphatic rings. The Hall–Kier alpha value is -0.390. The minimum atomic E-state index is 0.242. The maximum atomic E-state index is 8.96. The zero-order valence-corrected chi connectivity index (χ0v) is 8.55. The van der Waals surface area contributed by atoms with E-state index in [0.717, 1.165) is 37.1 Å². The highest BCUT2D eigenvalue weighted by Crippen LogP contribution is 2.27. The second kappa shape index (κ2) is 3.77. The van der Waals surface area contributed by atoms with Crippen molar-refractivity contribution in [3.63, 3.8) is 0 Å². The molecule has 4 nitrogen and oxygen atoms in total. The number of anilines is 1. The van der Waals surface area contributed by atoms with Gasteiger partial charge in [-0.25, -0.2) is 0 Å². The molecule has 72 valence electrons. The lowest BCUT2D eigenvalue weighted by molar-refractivity contribution is 0.238. The predicted molar refractivity (Wildman–Crippen MR) is 52.3 cm³/mol. The molecule has 1 aromatic rings. The maximum absolute atomic E-state index is 8.96. The zero-order valence-electron chi connectivity index (χ0n) is 6.98. The quantitative estimate of drug-likeness (QED) is 0.807. The average molecular weight is 220 g/mol. The van der Waals surface area contributed by atoms with Gasteiger partial charge in [-0.1, -0.05) is 11.6 Å². The van der Waals surface area contributed by atoms with Gasteiger partial charge in [-0.2, -0.15) is 8.75 Å². The van der Waals surface area contributed by atoms with E-state index in [4.69, 9.17) is 16.7 Å². The van der Waals surface area contributed by atoms with E-state index in [9.17, 15) is 0 Å². The van der Waals surface area contributed by atoms with Crippen molar-refractivity contribution in [1.29, 1.82) is 0 Å². The Labute approximate surface area is 85.5 Å². The van der Waals surface area contributed by atoms with Crippen molar-refractivity contribution in [2.45, 2.75) is 6.42 Å². The van der Waals surface area contributed by atoms with Crippen LogP contribution in [0.2, 0.25) is 5.15 Å². The first-order valence-corrected chi connectivity index (χ1v) is 5.26. The Kier molecular flexibility index (Phi) is 2.66. The number of aliphatic hydroxyl groups is 1. The molecule has 2 rings (SSSR count). The van der Waals surface area contributed by atoms with E-state index in [2.05, 4.69) is 13.6 Å². The number of aliphatic hydroxyl groups excluding tert-OH is 1. The van der Waals surface area contributed by atoms with Gasteiger partial charge in [0.05, 0.1) is 11.7 Å². The minimum absolute atomic E-state index is 0.242. The molecule has 1 saturated heterocycles. The molecule has 0 spiro atoms. The standard InChI is InChI=1S/C7H10ClN3OS/c8-6-7(10-13-9-6)11-2-1-5(3-11)4-12/h5,12H,1-4H2. The Morgan fingerprint density at radius 3 is 3.00 bits per heavy atom. The molecule has 0 bridgehead atoms. The van der Waals surface area contributed by atoms with Crippen LogP contribution in [0.15, 0.2) is 0 Å². The van der Waals surface area contributed by atoms with E-state index in [0.29, 0.717) is 11.1 Å². The molecule has 0 aliphatic carbocycles. The van der Waals surface area contributed by atoms with Gasteiger partial charge in [-0.3, -0.25) is 0 Å². The fourth-order valence-corrected chi connectivity index (χ4v) is 2.31. The summed E-state index contributed by atoms with van der Waals surface area (Å²) >= 11 is 6.97. The lowest BCUT2D eigenvalue weighted by atomic mass is 10.1. The van der Waals surface area contributed by atoms with Crippen LogP contribution in [0.4, 0.5) is 5.82 Å². The maximum Gasteiger partial charge on any atom is 0.187 e. The molecule has 1 atom stereocenters. The number of rotatable bonds is 2. The Morgan fingerprint density at radius 2 is 2.46 bits per heavy atom. The van der Waals surface area contributed by atoms with Crippen LogP contribution in [0.3, 0.4) is 0 Å². The van der Waals surface area contributed by atoms with Crippen molar-refractivity contribution in [3.8, 4) is 0 Å². The van der Waals surface area contributed by atoms with Gasteiger partial charge in [0.25, 0.3) is 0 Å². The summed E-state index contributed by atoms with van der Waals surface area (Å²) < 4.78 is 8.01. The molecule has 0 aromatic carbocycles. The van der Waals surface area contributed by atoms with Crippen molar-refractivity contribution in [1.82, 2.24) is 8.75 Å². The van der Waals surface area contributed by atoms with Gasteiger partial charge >= 0.3 is 0 Å². The number of halogens is 1. The summed E-state index contributed by atoms with van der Waals surface area (Å²) in [5.74, 6) is 1.13. The Bertz CT molecular complexity index is 293. The summed E-state index contributed by atoms with van der Waals surface area (Å²) in [6.07, 6.45) is 1.00. The number of hydrogen-bond donors (Lipinski definition) is 1. The van der Waals surface area contributed by atoms with E-state index >= 15 is 0 Å². The first kappa shape index (κ1) is 9.18. The van der Waals surface area contributed by atoms with E-state index < -0.39 is 0 Å². The van der Waals surface area contributed by atoms with Gasteiger partial charge in [0, 0.05) is 25.6 Å². The average Bonchev–Trinajstić information content (AvgIpc) is 2.71. The summed E-state index contributed by atoms with van der Waals surface area (Å²) in [4.78, 5) is 2.08. The molecule has 6 heteroatoms. The van der Waals surface area contributed by atoms with Crippen LogP contribution in [-0.4, -0.2) is 33.6 Å². The second-order valence-corrected chi connectivity index (χ2v) is 4.05. The van der Waals surface area contributed by atoms with Crippen LogP contribution in [0.5, 0.6) is 0 Å². The predicted octanol–water partition coefficient (Wildman–Crippen LogP) is 1.01. The third kappa shape index (κ3) is 1.77. The van der Waals surface area contributed by atoms with Gasteiger partial charge < -0.3 is 10.0 Å². The lowest BCUT2D eigenvalue weighted by Crippen LogP contribution is -2.21. The molecular weight excluding hydrogens is 210 g/mol. The number of nitrogens with zero attached hydrogens (tertiary/aromatic N) is 3. The summed E-state index contributed by atoms with van der Waals surface area (Å²) in [5, 5.41) is 9.43. The molecule has 0 amide bonds. The van der Waals surface area contributed by atoms with E-state index in [1.54, 1.807) is 0 Å². The van der Waals surface area contributed by atoms with Gasteiger partial charge in [-0.15, -0.1) is 0 Å². The lowest BCUT2D eigenvalue weighted by Gasteiger charge is -2.14. The van der Waals surface area contributed by atoms with Crippen molar-refractivity contribution in [3.05, 3.63) is 5.15 Å². The monoisotopic (exact) mass is 219 g/mol. The summed E-state index contributed by atoms with van der Waals surface area (Å²) in [7, 11) is 0. The van der Waals surface area contributed by atoms with Gasteiger partial charge in [-0.05, 0) is 6.42 Å². The molecule has 0 saturated carbocycles. The summed E-state index contributed by atoms with van der Waals surface area (Å²) in [6, 6.07) is 0. The highest BCUT2D eigenvalue weighted by atomic mass is 35.5. The van der Waals surface area contributed by atoms with Crippen molar-refractivity contribution >= 4 is 29.1 Å². The molecule has 1 unspecified atom stereocenters. The van der Waals surface area contributed by atoms with E-state index in [1.807, 2.05) is 0 Å². The van der Waals surface area contributed by atoms with Crippen molar-refractivity contribution < 1.29 is 5.11 Å². The van der Waals surface area contributed by atoms with Gasteiger partial charge in [0.1, 0.15) is 0 Å². The van der Waals surface area contributed by atoms with E-state index in [1.165, 1.54) is 0 Å². The molecule has 2 heterocycles. The third-order valence-electron chi connectivity index (χ3n) is 2.28. The molecule has 13 heavy (non-hydrogen) atoms. The van der Waals surface area contributed by atoms with Crippen LogP contribution >= 0.6 is 23.3 Å². The number of hydrogen-bond acceptors (Lipinski definition) is 5. The molecule has 1 aliphatic heterocycles. The van der Waals surface area contributed by atoms with Gasteiger partial charge in [0.15, 0.2) is 11.0 Å². The highest BCUT2D eigenvalue weighted by molar-refractivity contribution is 6.99. The summed E-state index contributed by atoms with van der Waals surface area (Å²) in [5.41, 5.74) is 0. The molecular formula is C7H10ClN3OS. The fraction of sp³-hybridized carbons (Fsp3) is 0.714. The normalized spacial score (nSPS) is 22.6. The topological polar surface area (TPSA) is 49.2 Å². The Balaban J connectivity index is 2.08. The first-order valence-electron chi connectivity index (χ1n) is 4.15. The summed E-state index contributed by atoms with van der Waals surface area (Å²) in [6.45, 7) is 1.99. The smallest absolute Gasteiger partial charge is 0.187 e. The van der Waals surface area contributed by atoms with Crippen molar-refractivity contribution in [2.24, 2.45) is 5.92 Å². The Morgan fingerprint density at radius 1 is 1.62 bits per heavy atom. The van der Waals surface area contributed by atoms with Crippen LogP contribution in [0, 0.1) is 5.92 Å². The van der Waals surface area contributed by atoms with Crippen LogP contribution in [-0.2, 0) is 0 Å². The van der Waals surface area contributed by atoms with Crippen LogP contribution < -0.4 is 4.90 Å². The van der Waals surface area contributed by atoms with E-state index in [-0.39, 0.29) is 6.61 Å². The minimum Gasteiger partial charge on any atom is -0.396 e. The van der Waals surface area contributed by atoms with Crippen LogP contribution in [0.25, 0.3) is 0 Å². The van der Waals surface area contributed by atoms with Crippen LogP contribution in [0.1, 0.15) is 6.42 Å². The van der Waals surface area contributed by atoms with Gasteiger partial charge in [0.2, 0.25) is 0 Å². The largest absolute Gasteiger partial charge is 0.396 e. The molecule has 1 aromatic heterocycles. The SMILES string of the molecule is OCC1CCN(c2nsnc2Cl)C1. The molecule has 0 radical (unpaired) electrons. The highest BCUT2D eigenvalue weighted by Gasteiger charge is 2.25. The molecule has 1 fully saturated rings. The van der Waals surface area contributed by atoms with Crippen molar-refractivity contribution in [2.75, 3.05) is 24.6 Å².